The number of aryl methyl sites for hydroxylation is 1. The Labute approximate surface area is 115 Å². The summed E-state index contributed by atoms with van der Waals surface area (Å²) in [4.78, 5) is 12.2. The van der Waals surface area contributed by atoms with Crippen LogP contribution >= 0.6 is 27.7 Å². The van der Waals surface area contributed by atoms with Gasteiger partial charge in [0.25, 0.3) is 0 Å². The van der Waals surface area contributed by atoms with Crippen LogP contribution in [0.1, 0.15) is 25.3 Å². The third kappa shape index (κ3) is 3.05. The number of halogens is 1. The van der Waals surface area contributed by atoms with Crippen LogP contribution in [-0.2, 0) is 4.79 Å². The van der Waals surface area contributed by atoms with Crippen molar-refractivity contribution < 1.29 is 4.79 Å². The maximum absolute atomic E-state index is 12.2. The fraction of sp³-hybridized carbons (Fsp3) is 0.462. The van der Waals surface area contributed by atoms with E-state index in [1.165, 1.54) is 0 Å². The number of hydrogen-bond donors (Lipinski definition) is 1. The van der Waals surface area contributed by atoms with Gasteiger partial charge in [-0.3, -0.25) is 4.79 Å². The second-order valence-electron chi connectivity index (χ2n) is 4.65. The third-order valence-electron chi connectivity index (χ3n) is 3.00. The summed E-state index contributed by atoms with van der Waals surface area (Å²) in [6.07, 6.45) is 2.10. The van der Waals surface area contributed by atoms with E-state index in [4.69, 9.17) is 0 Å². The van der Waals surface area contributed by atoms with Crippen molar-refractivity contribution in [3.8, 4) is 0 Å². The van der Waals surface area contributed by atoms with Crippen molar-refractivity contribution in [2.45, 2.75) is 31.4 Å². The van der Waals surface area contributed by atoms with Crippen LogP contribution in [0.15, 0.2) is 22.7 Å². The Morgan fingerprint density at radius 2 is 2.24 bits per heavy atom. The summed E-state index contributed by atoms with van der Waals surface area (Å²) in [5.41, 5.74) is 2.01. The van der Waals surface area contributed by atoms with Crippen LogP contribution in [0.2, 0.25) is 0 Å². The Bertz CT molecular complexity index is 421. The van der Waals surface area contributed by atoms with Crippen molar-refractivity contribution in [3.63, 3.8) is 0 Å². The fourth-order valence-electron chi connectivity index (χ4n) is 2.03. The fourth-order valence-corrected chi connectivity index (χ4v) is 3.85. The number of benzene rings is 1. The molecule has 1 N–H and O–H groups in total. The van der Waals surface area contributed by atoms with Crippen LogP contribution in [0, 0.1) is 6.92 Å². The van der Waals surface area contributed by atoms with E-state index >= 15 is 0 Å². The summed E-state index contributed by atoms with van der Waals surface area (Å²) >= 11 is 5.20. The predicted molar refractivity (Wildman–Crippen MR) is 77.6 cm³/mol. The Kier molecular flexibility index (Phi) is 3.83. The molecule has 1 aliphatic heterocycles. The summed E-state index contributed by atoms with van der Waals surface area (Å²) in [5, 5.41) is 3.02. The van der Waals surface area contributed by atoms with Crippen LogP contribution in [0.3, 0.4) is 0 Å². The van der Waals surface area contributed by atoms with Gasteiger partial charge in [-0.2, -0.15) is 0 Å². The molecule has 1 aromatic carbocycles. The zero-order valence-corrected chi connectivity index (χ0v) is 12.5. The van der Waals surface area contributed by atoms with Gasteiger partial charge >= 0.3 is 0 Å². The van der Waals surface area contributed by atoms with Gasteiger partial charge in [0.2, 0.25) is 5.91 Å². The van der Waals surface area contributed by atoms with Gasteiger partial charge in [0.15, 0.2) is 0 Å². The van der Waals surface area contributed by atoms with Crippen LogP contribution in [-0.4, -0.2) is 16.4 Å². The minimum Gasteiger partial charge on any atom is -0.325 e. The molecule has 0 bridgehead atoms. The van der Waals surface area contributed by atoms with Gasteiger partial charge in [-0.25, -0.2) is 0 Å². The highest BCUT2D eigenvalue weighted by atomic mass is 79.9. The van der Waals surface area contributed by atoms with Crippen molar-refractivity contribution in [3.05, 3.63) is 28.2 Å². The lowest BCUT2D eigenvalue weighted by molar-refractivity contribution is -0.118. The highest BCUT2D eigenvalue weighted by Crippen LogP contribution is 2.38. The average molecular weight is 314 g/mol. The largest absolute Gasteiger partial charge is 0.325 e. The van der Waals surface area contributed by atoms with Crippen LogP contribution < -0.4 is 5.32 Å². The molecule has 1 amide bonds. The van der Waals surface area contributed by atoms with E-state index in [2.05, 4.69) is 21.2 Å². The molecule has 1 heterocycles. The first kappa shape index (κ1) is 13.0. The van der Waals surface area contributed by atoms with E-state index in [1.807, 2.05) is 32.0 Å². The lowest BCUT2D eigenvalue weighted by atomic mass is 10.0. The summed E-state index contributed by atoms with van der Waals surface area (Å²) in [7, 11) is 0. The van der Waals surface area contributed by atoms with Crippen LogP contribution in [0.4, 0.5) is 5.69 Å². The Morgan fingerprint density at radius 1 is 1.47 bits per heavy atom. The molecule has 1 saturated heterocycles. The molecule has 92 valence electrons. The first-order valence-electron chi connectivity index (χ1n) is 5.72. The molecule has 1 unspecified atom stereocenters. The lowest BCUT2D eigenvalue weighted by Gasteiger charge is -2.21. The smallest absolute Gasteiger partial charge is 0.240 e. The highest BCUT2D eigenvalue weighted by Gasteiger charge is 2.37. The molecule has 1 atom stereocenters. The van der Waals surface area contributed by atoms with Crippen molar-refractivity contribution in [2.24, 2.45) is 0 Å². The Morgan fingerprint density at radius 3 is 2.82 bits per heavy atom. The summed E-state index contributed by atoms with van der Waals surface area (Å²) < 4.78 is 0.744. The summed E-state index contributed by atoms with van der Waals surface area (Å²) in [6.45, 7) is 4.05. The van der Waals surface area contributed by atoms with Gasteiger partial charge < -0.3 is 5.32 Å². The van der Waals surface area contributed by atoms with E-state index in [-0.39, 0.29) is 10.7 Å². The number of amides is 1. The maximum atomic E-state index is 12.2. The van der Waals surface area contributed by atoms with Crippen LogP contribution in [0.25, 0.3) is 0 Å². The maximum Gasteiger partial charge on any atom is 0.240 e. The zero-order chi connectivity index (χ0) is 12.5. The molecule has 0 saturated carbocycles. The summed E-state index contributed by atoms with van der Waals surface area (Å²) in [5.74, 6) is 1.21. The zero-order valence-electron chi connectivity index (χ0n) is 10.0. The van der Waals surface area contributed by atoms with Crippen molar-refractivity contribution in [2.75, 3.05) is 11.1 Å². The molecule has 0 radical (unpaired) electrons. The van der Waals surface area contributed by atoms with E-state index in [1.54, 1.807) is 11.8 Å². The monoisotopic (exact) mass is 313 g/mol. The minimum atomic E-state index is -0.254. The topological polar surface area (TPSA) is 29.1 Å². The van der Waals surface area contributed by atoms with Crippen molar-refractivity contribution in [1.82, 2.24) is 0 Å². The van der Waals surface area contributed by atoms with Gasteiger partial charge in [-0.1, -0.05) is 15.9 Å². The molecule has 0 aromatic heterocycles. The molecule has 1 aromatic rings. The van der Waals surface area contributed by atoms with E-state index in [0.29, 0.717) is 0 Å². The number of nitrogens with one attached hydrogen (secondary N) is 1. The molecule has 0 aliphatic carbocycles. The number of carbonyl (C=O) groups is 1. The molecule has 2 rings (SSSR count). The number of anilines is 1. The molecule has 4 heteroatoms. The van der Waals surface area contributed by atoms with Gasteiger partial charge in [-0.05, 0) is 56.2 Å². The number of rotatable bonds is 2. The van der Waals surface area contributed by atoms with Crippen molar-refractivity contribution >= 4 is 39.3 Å². The number of thioether (sulfide) groups is 1. The van der Waals surface area contributed by atoms with E-state index in [0.717, 1.165) is 34.3 Å². The second kappa shape index (κ2) is 5.02. The molecule has 1 fully saturated rings. The number of hydrogen-bond acceptors (Lipinski definition) is 2. The van der Waals surface area contributed by atoms with Crippen LogP contribution in [0.5, 0.6) is 0 Å². The average Bonchev–Trinajstić information content (AvgIpc) is 2.64. The first-order chi connectivity index (χ1) is 7.99. The minimum absolute atomic E-state index is 0.123. The second-order valence-corrected chi connectivity index (χ2v) is 7.17. The van der Waals surface area contributed by atoms with Crippen molar-refractivity contribution in [1.29, 1.82) is 0 Å². The lowest BCUT2D eigenvalue weighted by Crippen LogP contribution is -2.34. The highest BCUT2D eigenvalue weighted by molar-refractivity contribution is 9.10. The number of carbonyl (C=O) groups excluding carboxylic acids is 1. The van der Waals surface area contributed by atoms with Gasteiger partial charge in [0, 0.05) is 10.2 Å². The molecule has 0 spiro atoms. The van der Waals surface area contributed by atoms with Gasteiger partial charge in [0.1, 0.15) is 0 Å². The standard InChI is InChI=1S/C13H16BrNOS/c1-9-6-10(14)8-11(7-9)15-12(16)13(2)4-3-5-17-13/h6-8H,3-5H2,1-2H3,(H,15,16). The molecule has 2 nitrogen and oxygen atoms in total. The summed E-state index contributed by atoms with van der Waals surface area (Å²) in [6, 6.07) is 5.96. The SMILES string of the molecule is Cc1cc(Br)cc(NC(=O)C2(C)CCCS2)c1. The molecular weight excluding hydrogens is 298 g/mol. The predicted octanol–water partition coefficient (Wildman–Crippen LogP) is 3.98. The molecular formula is C13H16BrNOS. The van der Waals surface area contributed by atoms with E-state index < -0.39 is 0 Å². The van der Waals surface area contributed by atoms with Gasteiger partial charge in [0.05, 0.1) is 4.75 Å². The van der Waals surface area contributed by atoms with E-state index in [9.17, 15) is 4.79 Å². The molecule has 1 aliphatic rings. The Balaban J connectivity index is 2.12. The van der Waals surface area contributed by atoms with Gasteiger partial charge in [-0.15, -0.1) is 11.8 Å². The Hall–Kier alpha value is -0.480. The normalized spacial score (nSPS) is 23.7. The molecule has 17 heavy (non-hydrogen) atoms. The first-order valence-corrected chi connectivity index (χ1v) is 7.50. The quantitative estimate of drug-likeness (QED) is 0.894. The third-order valence-corrected chi connectivity index (χ3v) is 4.98.